The molecule has 1 saturated heterocycles. The first-order valence-corrected chi connectivity index (χ1v) is 11.4. The summed E-state index contributed by atoms with van der Waals surface area (Å²) in [5.74, 6) is 0.918. The van der Waals surface area contributed by atoms with E-state index in [0.29, 0.717) is 6.54 Å². The van der Waals surface area contributed by atoms with Gasteiger partial charge in [0.1, 0.15) is 5.75 Å². The van der Waals surface area contributed by atoms with Crippen LogP contribution < -0.4 is 4.74 Å². The van der Waals surface area contributed by atoms with Gasteiger partial charge in [0.05, 0.1) is 31.2 Å². The van der Waals surface area contributed by atoms with Crippen molar-refractivity contribution in [1.82, 2.24) is 24.8 Å². The highest BCUT2D eigenvalue weighted by atomic mass is 35.5. The third-order valence-corrected chi connectivity index (χ3v) is 5.99. The number of nitrogens with zero attached hydrogens (tertiary/aromatic N) is 5. The standard InChI is InChI=1S/C24H30ClN5O/c25-23-6-2-1-3-7-24(23)29-17-15-28(16-18-29)14-4-5-19-31-22-10-8-21(9-11-22)20-30-26-12-13-27-30/h1-3,7-13H,4-6,14-20H2. The Morgan fingerprint density at radius 3 is 2.48 bits per heavy atom. The first-order valence-electron chi connectivity index (χ1n) is 11.0. The van der Waals surface area contributed by atoms with E-state index in [2.05, 4.69) is 56.4 Å². The lowest BCUT2D eigenvalue weighted by atomic mass is 10.2. The van der Waals surface area contributed by atoms with Gasteiger partial charge in [-0.25, -0.2) is 0 Å². The molecule has 31 heavy (non-hydrogen) atoms. The fourth-order valence-corrected chi connectivity index (χ4v) is 4.16. The topological polar surface area (TPSA) is 46.4 Å². The van der Waals surface area contributed by atoms with Gasteiger partial charge in [-0.15, -0.1) is 0 Å². The van der Waals surface area contributed by atoms with Gasteiger partial charge in [0, 0.05) is 37.6 Å². The molecule has 164 valence electrons. The van der Waals surface area contributed by atoms with Gasteiger partial charge in [-0.3, -0.25) is 4.90 Å². The smallest absolute Gasteiger partial charge is 0.119 e. The highest BCUT2D eigenvalue weighted by Crippen LogP contribution is 2.23. The third kappa shape index (κ3) is 6.45. The molecule has 0 unspecified atom stereocenters. The molecule has 1 aliphatic heterocycles. The Labute approximate surface area is 189 Å². The summed E-state index contributed by atoms with van der Waals surface area (Å²) in [5, 5.41) is 9.21. The largest absolute Gasteiger partial charge is 0.494 e. The molecule has 0 N–H and O–H groups in total. The van der Waals surface area contributed by atoms with E-state index in [9.17, 15) is 0 Å². The molecule has 0 spiro atoms. The highest BCUT2D eigenvalue weighted by Gasteiger charge is 2.19. The second-order valence-electron chi connectivity index (χ2n) is 7.87. The Hall–Kier alpha value is -2.57. The predicted octanol–water partition coefficient (Wildman–Crippen LogP) is 4.07. The van der Waals surface area contributed by atoms with Crippen LogP contribution in [0.5, 0.6) is 5.75 Å². The van der Waals surface area contributed by atoms with Gasteiger partial charge in [-0.2, -0.15) is 15.0 Å². The molecule has 1 aliphatic carbocycles. The number of rotatable bonds is 9. The summed E-state index contributed by atoms with van der Waals surface area (Å²) in [6.45, 7) is 6.79. The molecule has 6 nitrogen and oxygen atoms in total. The van der Waals surface area contributed by atoms with E-state index in [1.807, 2.05) is 12.1 Å². The molecule has 7 heteroatoms. The highest BCUT2D eigenvalue weighted by molar-refractivity contribution is 6.30. The van der Waals surface area contributed by atoms with Crippen LogP contribution in [0.1, 0.15) is 24.8 Å². The van der Waals surface area contributed by atoms with Crippen LogP contribution in [0, 0.1) is 0 Å². The third-order valence-electron chi connectivity index (χ3n) is 5.64. The summed E-state index contributed by atoms with van der Waals surface area (Å²) >= 11 is 6.47. The minimum atomic E-state index is 0.678. The second kappa shape index (κ2) is 11.2. The van der Waals surface area contributed by atoms with Crippen LogP contribution >= 0.6 is 11.6 Å². The van der Waals surface area contributed by atoms with E-state index in [4.69, 9.17) is 16.3 Å². The van der Waals surface area contributed by atoms with Crippen LogP contribution in [-0.2, 0) is 6.54 Å². The zero-order chi connectivity index (χ0) is 21.3. The van der Waals surface area contributed by atoms with Gasteiger partial charge < -0.3 is 9.64 Å². The maximum absolute atomic E-state index is 6.47. The van der Waals surface area contributed by atoms with Crippen LogP contribution in [0.15, 0.2) is 71.7 Å². The molecular formula is C24H30ClN5O. The van der Waals surface area contributed by atoms with Gasteiger partial charge in [0.25, 0.3) is 0 Å². The molecule has 2 heterocycles. The number of aromatic nitrogens is 3. The molecule has 4 rings (SSSR count). The average molecular weight is 440 g/mol. The molecule has 0 saturated carbocycles. The summed E-state index contributed by atoms with van der Waals surface area (Å²) in [7, 11) is 0. The maximum atomic E-state index is 6.47. The quantitative estimate of drug-likeness (QED) is 0.551. The van der Waals surface area contributed by atoms with Gasteiger partial charge in [0.2, 0.25) is 0 Å². The zero-order valence-corrected chi connectivity index (χ0v) is 18.6. The van der Waals surface area contributed by atoms with Gasteiger partial charge >= 0.3 is 0 Å². The van der Waals surface area contributed by atoms with Crippen molar-refractivity contribution in [1.29, 1.82) is 0 Å². The van der Waals surface area contributed by atoms with Crippen LogP contribution in [0.25, 0.3) is 0 Å². The Morgan fingerprint density at radius 2 is 1.71 bits per heavy atom. The zero-order valence-electron chi connectivity index (χ0n) is 17.9. The molecule has 0 amide bonds. The number of piperazine rings is 1. The molecule has 1 aromatic heterocycles. The molecule has 2 aromatic rings. The number of allylic oxidation sites excluding steroid dienone is 5. The predicted molar refractivity (Wildman–Crippen MR) is 124 cm³/mol. The Morgan fingerprint density at radius 1 is 0.935 bits per heavy atom. The molecule has 0 atom stereocenters. The molecule has 2 aliphatic rings. The fourth-order valence-electron chi connectivity index (χ4n) is 3.89. The van der Waals surface area contributed by atoms with Crippen molar-refractivity contribution in [3.05, 3.63) is 77.3 Å². The van der Waals surface area contributed by atoms with Crippen molar-refractivity contribution in [2.24, 2.45) is 0 Å². The lowest BCUT2D eigenvalue weighted by molar-refractivity contribution is 0.156. The van der Waals surface area contributed by atoms with E-state index >= 15 is 0 Å². The van der Waals surface area contributed by atoms with Crippen molar-refractivity contribution < 1.29 is 4.74 Å². The number of halogens is 1. The van der Waals surface area contributed by atoms with Gasteiger partial charge in [0.15, 0.2) is 0 Å². The first kappa shape index (κ1) is 21.7. The maximum Gasteiger partial charge on any atom is 0.119 e. The van der Waals surface area contributed by atoms with Gasteiger partial charge in [-0.1, -0.05) is 42.0 Å². The van der Waals surface area contributed by atoms with Crippen LogP contribution in [0.4, 0.5) is 0 Å². The van der Waals surface area contributed by atoms with Crippen LogP contribution in [0.3, 0.4) is 0 Å². The first-order chi connectivity index (χ1) is 15.3. The summed E-state index contributed by atoms with van der Waals surface area (Å²) in [6, 6.07) is 8.18. The minimum absolute atomic E-state index is 0.678. The average Bonchev–Trinajstić information content (AvgIpc) is 3.21. The van der Waals surface area contributed by atoms with Crippen LogP contribution in [0.2, 0.25) is 0 Å². The van der Waals surface area contributed by atoms with Crippen LogP contribution in [-0.4, -0.2) is 64.1 Å². The number of benzene rings is 1. The van der Waals surface area contributed by atoms with E-state index in [1.165, 1.54) is 5.70 Å². The number of ether oxygens (including phenoxy) is 1. The summed E-state index contributed by atoms with van der Waals surface area (Å²) in [6.07, 6.45) is 14.8. The van der Waals surface area contributed by atoms with Crippen molar-refractivity contribution in [3.63, 3.8) is 0 Å². The summed E-state index contributed by atoms with van der Waals surface area (Å²) in [5.41, 5.74) is 2.35. The minimum Gasteiger partial charge on any atom is -0.494 e. The summed E-state index contributed by atoms with van der Waals surface area (Å²) < 4.78 is 5.91. The van der Waals surface area contributed by atoms with E-state index in [-0.39, 0.29) is 0 Å². The number of hydrogen-bond donors (Lipinski definition) is 0. The lowest BCUT2D eigenvalue weighted by Gasteiger charge is -2.37. The van der Waals surface area contributed by atoms with Gasteiger partial charge in [-0.05, 0) is 43.2 Å². The Balaban J connectivity index is 1.11. The lowest BCUT2D eigenvalue weighted by Crippen LogP contribution is -2.46. The normalized spacial score (nSPS) is 17.3. The van der Waals surface area contributed by atoms with E-state index < -0.39 is 0 Å². The second-order valence-corrected chi connectivity index (χ2v) is 8.33. The fraction of sp³-hybridized carbons (Fsp3) is 0.417. The van der Waals surface area contributed by atoms with Crippen molar-refractivity contribution in [3.8, 4) is 5.75 Å². The molecule has 1 fully saturated rings. The number of hydrogen-bond acceptors (Lipinski definition) is 5. The molecule has 1 aromatic carbocycles. The van der Waals surface area contributed by atoms with E-state index in [0.717, 1.165) is 74.9 Å². The Bertz CT molecular complexity index is 897. The SMILES string of the molecule is ClC1=C(N2CCN(CCCCOc3ccc(Cn4nccn4)cc3)CC2)C=CC=CC1. The summed E-state index contributed by atoms with van der Waals surface area (Å²) in [4.78, 5) is 6.63. The van der Waals surface area contributed by atoms with E-state index in [1.54, 1.807) is 17.2 Å². The molecule has 0 bridgehead atoms. The molecular weight excluding hydrogens is 410 g/mol. The number of unbranched alkanes of at least 4 members (excludes halogenated alkanes) is 1. The van der Waals surface area contributed by atoms with Crippen molar-refractivity contribution in [2.75, 3.05) is 39.3 Å². The van der Waals surface area contributed by atoms with Crippen molar-refractivity contribution in [2.45, 2.75) is 25.8 Å². The molecule has 0 radical (unpaired) electrons. The Kier molecular flexibility index (Phi) is 7.80. The van der Waals surface area contributed by atoms with Crippen molar-refractivity contribution >= 4 is 11.6 Å². The monoisotopic (exact) mass is 439 g/mol.